The van der Waals surface area contributed by atoms with E-state index in [4.69, 9.17) is 0 Å². The molecule has 44 valence electrons. The summed E-state index contributed by atoms with van der Waals surface area (Å²) >= 11 is 1.62. The van der Waals surface area contributed by atoms with Gasteiger partial charge >= 0.3 is 29.6 Å². The smallest absolute Gasteiger partial charge is 1.00 e. The summed E-state index contributed by atoms with van der Waals surface area (Å²) in [6, 6.07) is 3.91. The molecule has 1 heterocycles. The van der Waals surface area contributed by atoms with Crippen molar-refractivity contribution in [3.63, 3.8) is 0 Å². The zero-order chi connectivity index (χ0) is 5.82. The quantitative estimate of drug-likeness (QED) is 0.374. The van der Waals surface area contributed by atoms with Crippen LogP contribution in [0, 0.1) is 0 Å². The summed E-state index contributed by atoms with van der Waals surface area (Å²) in [6.07, 6.45) is 1.49. The van der Waals surface area contributed by atoms with E-state index < -0.39 is 0 Å². The summed E-state index contributed by atoms with van der Waals surface area (Å²) in [6.45, 7) is 0. The molecule has 0 aromatic carbocycles. The van der Waals surface area contributed by atoms with Gasteiger partial charge in [0.1, 0.15) is 6.29 Å². The fourth-order valence-corrected chi connectivity index (χ4v) is 1.16. The first-order valence-electron chi connectivity index (χ1n) is 2.39. The molecule has 0 aliphatic carbocycles. The summed E-state index contributed by atoms with van der Waals surface area (Å²) in [7, 11) is 0. The van der Waals surface area contributed by atoms with Crippen molar-refractivity contribution in [3.05, 3.63) is 22.4 Å². The Balaban J connectivity index is 0. The van der Waals surface area contributed by atoms with Crippen LogP contribution in [0.1, 0.15) is 6.30 Å². The summed E-state index contributed by atoms with van der Waals surface area (Å²) in [5, 5.41) is 1.97. The first-order valence-corrected chi connectivity index (χ1v) is 3.27. The molecule has 0 atom stereocenters. The molecule has 0 N–H and O–H groups in total. The van der Waals surface area contributed by atoms with Crippen molar-refractivity contribution >= 4 is 17.6 Å². The minimum atomic E-state index is 0. The van der Waals surface area contributed by atoms with Gasteiger partial charge in [-0.15, -0.1) is 11.3 Å². The second-order valence-electron chi connectivity index (χ2n) is 1.45. The molecule has 0 unspecified atom stereocenters. The van der Waals surface area contributed by atoms with Gasteiger partial charge in [0.15, 0.2) is 0 Å². The maximum absolute atomic E-state index is 9.88. The van der Waals surface area contributed by atoms with Crippen LogP contribution in [0.2, 0.25) is 0 Å². The van der Waals surface area contributed by atoms with E-state index in [2.05, 4.69) is 0 Å². The Morgan fingerprint density at radius 1 is 1.78 bits per heavy atom. The van der Waals surface area contributed by atoms with Crippen LogP contribution in [0.5, 0.6) is 0 Å². The van der Waals surface area contributed by atoms with Crippen LogP contribution in [0.3, 0.4) is 0 Å². The van der Waals surface area contributed by atoms with Gasteiger partial charge in [-0.05, 0) is 11.4 Å². The third-order valence-electron chi connectivity index (χ3n) is 0.865. The van der Waals surface area contributed by atoms with Crippen LogP contribution < -0.4 is 29.6 Å². The zero-order valence-corrected chi connectivity index (χ0v) is 8.15. The summed E-state index contributed by atoms with van der Waals surface area (Å²) in [5.41, 5.74) is 0. The molecule has 0 bridgehead atoms. The van der Waals surface area contributed by atoms with Gasteiger partial charge < -0.3 is 6.22 Å². The molecule has 1 aromatic heterocycles. The Bertz CT molecular complexity index is 164. The third kappa shape index (κ3) is 3.16. The first-order chi connectivity index (χ1) is 3.93. The number of hydrogen-bond acceptors (Lipinski definition) is 2. The standard InChI is InChI=1S/C6H6OS.Na.H/c7-4-3-6-2-1-5-8-6;;/h1-2,4-5H,3H2;;/q;+1;-1. The van der Waals surface area contributed by atoms with Gasteiger partial charge in [0.05, 0.1) is 0 Å². The monoisotopic (exact) mass is 150 g/mol. The van der Waals surface area contributed by atoms with Crippen molar-refractivity contribution in [2.45, 2.75) is 6.42 Å². The first kappa shape index (κ1) is 9.37. The van der Waals surface area contributed by atoms with Crippen LogP contribution in [-0.4, -0.2) is 6.29 Å². The van der Waals surface area contributed by atoms with Crippen molar-refractivity contribution < 1.29 is 35.8 Å². The van der Waals surface area contributed by atoms with Gasteiger partial charge in [-0.3, -0.25) is 0 Å². The van der Waals surface area contributed by atoms with Crippen molar-refractivity contribution in [3.8, 4) is 0 Å². The largest absolute Gasteiger partial charge is 1.00 e. The Morgan fingerprint density at radius 2 is 2.56 bits per heavy atom. The van der Waals surface area contributed by atoms with E-state index in [1.807, 2.05) is 17.5 Å². The van der Waals surface area contributed by atoms with Gasteiger partial charge in [0.2, 0.25) is 0 Å². The van der Waals surface area contributed by atoms with E-state index in [1.165, 1.54) is 0 Å². The molecule has 0 fully saturated rings. The van der Waals surface area contributed by atoms with E-state index in [9.17, 15) is 4.79 Å². The van der Waals surface area contributed by atoms with Crippen LogP contribution in [0.25, 0.3) is 0 Å². The average molecular weight is 150 g/mol. The minimum absolute atomic E-state index is 0. The molecule has 0 spiro atoms. The molecular weight excluding hydrogens is 143 g/mol. The Labute approximate surface area is 81.9 Å². The average Bonchev–Trinajstić information content (AvgIpc) is 2.19. The topological polar surface area (TPSA) is 17.1 Å². The Hall–Kier alpha value is 0.370. The van der Waals surface area contributed by atoms with Crippen molar-refractivity contribution in [1.82, 2.24) is 0 Å². The maximum atomic E-state index is 9.88. The SMILES string of the molecule is O=CCc1cccs1.[H-].[Na+]. The summed E-state index contributed by atoms with van der Waals surface area (Å²) in [5.74, 6) is 0. The fraction of sp³-hybridized carbons (Fsp3) is 0.167. The molecule has 0 saturated carbocycles. The van der Waals surface area contributed by atoms with E-state index >= 15 is 0 Å². The van der Waals surface area contributed by atoms with Gasteiger partial charge in [-0.1, -0.05) is 6.07 Å². The van der Waals surface area contributed by atoms with Crippen LogP contribution in [0.4, 0.5) is 0 Å². The molecule has 1 rings (SSSR count). The molecule has 9 heavy (non-hydrogen) atoms. The third-order valence-corrected chi connectivity index (χ3v) is 1.76. The molecule has 0 radical (unpaired) electrons. The summed E-state index contributed by atoms with van der Waals surface area (Å²) in [4.78, 5) is 11.0. The van der Waals surface area contributed by atoms with Crippen molar-refractivity contribution in [2.75, 3.05) is 0 Å². The Morgan fingerprint density at radius 3 is 3.00 bits per heavy atom. The molecule has 1 nitrogen and oxygen atoms in total. The zero-order valence-electron chi connectivity index (χ0n) is 6.33. The molecule has 1 aromatic rings. The fourth-order valence-electron chi connectivity index (χ4n) is 0.511. The molecule has 0 aliphatic rings. The number of rotatable bonds is 2. The van der Waals surface area contributed by atoms with Crippen LogP contribution >= 0.6 is 11.3 Å². The molecular formula is C6H7NaOS. The minimum Gasteiger partial charge on any atom is -1.00 e. The maximum Gasteiger partial charge on any atom is 1.00 e. The van der Waals surface area contributed by atoms with Gasteiger partial charge in [-0.2, -0.15) is 0 Å². The Kier molecular flexibility index (Phi) is 5.39. The number of carbonyl (C=O) groups excluding carboxylic acids is 1. The molecule has 0 aliphatic heterocycles. The normalized spacial score (nSPS) is 8.00. The van der Waals surface area contributed by atoms with Gasteiger partial charge in [-0.25, -0.2) is 0 Å². The predicted octanol–water partition coefficient (Wildman–Crippen LogP) is -1.39. The van der Waals surface area contributed by atoms with Crippen molar-refractivity contribution in [2.24, 2.45) is 0 Å². The number of carbonyl (C=O) groups is 1. The van der Waals surface area contributed by atoms with Crippen LogP contribution in [0.15, 0.2) is 17.5 Å². The molecule has 0 saturated heterocycles. The second kappa shape index (κ2) is 5.18. The summed E-state index contributed by atoms with van der Waals surface area (Å²) < 4.78 is 0. The van der Waals surface area contributed by atoms with Gasteiger partial charge in [0.25, 0.3) is 0 Å². The van der Waals surface area contributed by atoms with E-state index in [0.29, 0.717) is 6.42 Å². The van der Waals surface area contributed by atoms with Crippen molar-refractivity contribution in [1.29, 1.82) is 0 Å². The predicted molar refractivity (Wildman–Crippen MR) is 35.2 cm³/mol. The van der Waals surface area contributed by atoms with E-state index in [0.717, 1.165) is 11.2 Å². The molecule has 0 amide bonds. The van der Waals surface area contributed by atoms with E-state index in [1.54, 1.807) is 11.3 Å². The molecule has 3 heteroatoms. The van der Waals surface area contributed by atoms with E-state index in [-0.39, 0.29) is 31.0 Å². The van der Waals surface area contributed by atoms with Gasteiger partial charge in [0, 0.05) is 11.3 Å². The van der Waals surface area contributed by atoms with Crippen LogP contribution in [-0.2, 0) is 11.2 Å². The number of thiophene rings is 1. The second-order valence-corrected chi connectivity index (χ2v) is 2.48. The number of aldehydes is 1. The number of hydrogen-bond donors (Lipinski definition) is 0.